The van der Waals surface area contributed by atoms with Crippen molar-refractivity contribution in [2.45, 2.75) is 13.0 Å². The van der Waals surface area contributed by atoms with Gasteiger partial charge in [-0.2, -0.15) is 5.10 Å². The van der Waals surface area contributed by atoms with E-state index in [1.165, 1.54) is 23.3 Å². The number of benzene rings is 3. The highest BCUT2D eigenvalue weighted by Crippen LogP contribution is 2.29. The van der Waals surface area contributed by atoms with Crippen molar-refractivity contribution in [3.63, 3.8) is 0 Å². The number of hydrazone groups is 1. The zero-order chi connectivity index (χ0) is 21.6. The molecule has 3 aromatic rings. The van der Waals surface area contributed by atoms with Crippen molar-refractivity contribution in [1.82, 2.24) is 9.91 Å². The number of hydrogen-bond acceptors (Lipinski definition) is 5. The molecule has 0 aliphatic carbocycles. The predicted octanol–water partition coefficient (Wildman–Crippen LogP) is 4.73. The molecule has 1 heterocycles. The van der Waals surface area contributed by atoms with Crippen LogP contribution in [-0.4, -0.2) is 46.7 Å². The van der Waals surface area contributed by atoms with Gasteiger partial charge in [-0.05, 0) is 35.7 Å². The Balaban J connectivity index is 1.46. The van der Waals surface area contributed by atoms with Crippen molar-refractivity contribution in [2.75, 3.05) is 26.2 Å². The minimum Gasteiger partial charge on any atom is -0.294 e. The van der Waals surface area contributed by atoms with Gasteiger partial charge in [-0.1, -0.05) is 60.7 Å². The summed E-state index contributed by atoms with van der Waals surface area (Å²) >= 11 is 0. The third-order valence-electron chi connectivity index (χ3n) is 5.67. The highest BCUT2D eigenvalue weighted by Gasteiger charge is 2.26. The van der Waals surface area contributed by atoms with E-state index in [1.807, 2.05) is 6.92 Å². The first-order valence-corrected chi connectivity index (χ1v) is 10.5. The van der Waals surface area contributed by atoms with Crippen LogP contribution in [0.1, 0.15) is 29.7 Å². The molecule has 1 fully saturated rings. The first kappa shape index (κ1) is 20.8. The molecule has 0 N–H and O–H groups in total. The molecule has 6 heteroatoms. The summed E-state index contributed by atoms with van der Waals surface area (Å²) in [5, 5.41) is 17.7. The number of hydrogen-bond donors (Lipinski definition) is 0. The number of nitro groups is 1. The van der Waals surface area contributed by atoms with Gasteiger partial charge in [0.2, 0.25) is 0 Å². The summed E-state index contributed by atoms with van der Waals surface area (Å²) in [6, 6.07) is 28.1. The molecule has 4 rings (SSSR count). The van der Waals surface area contributed by atoms with Gasteiger partial charge in [-0.25, -0.2) is 0 Å². The van der Waals surface area contributed by atoms with E-state index < -0.39 is 0 Å². The van der Waals surface area contributed by atoms with Crippen molar-refractivity contribution >= 4 is 11.4 Å². The van der Waals surface area contributed by atoms with E-state index in [2.05, 4.69) is 70.6 Å². The highest BCUT2D eigenvalue weighted by atomic mass is 16.6. The molecule has 31 heavy (non-hydrogen) atoms. The van der Waals surface area contributed by atoms with Gasteiger partial charge >= 0.3 is 0 Å². The Kier molecular flexibility index (Phi) is 6.38. The van der Waals surface area contributed by atoms with E-state index >= 15 is 0 Å². The summed E-state index contributed by atoms with van der Waals surface area (Å²) in [4.78, 5) is 13.0. The van der Waals surface area contributed by atoms with Gasteiger partial charge in [-0.15, -0.1) is 0 Å². The summed E-state index contributed by atoms with van der Waals surface area (Å²) in [7, 11) is 0. The second-order valence-electron chi connectivity index (χ2n) is 7.70. The van der Waals surface area contributed by atoms with Crippen LogP contribution < -0.4 is 0 Å². The highest BCUT2D eigenvalue weighted by molar-refractivity contribution is 5.98. The van der Waals surface area contributed by atoms with Crippen LogP contribution in [0.15, 0.2) is 90.0 Å². The zero-order valence-electron chi connectivity index (χ0n) is 17.6. The summed E-state index contributed by atoms with van der Waals surface area (Å²) < 4.78 is 0. The van der Waals surface area contributed by atoms with E-state index in [0.717, 1.165) is 37.5 Å². The lowest BCUT2D eigenvalue weighted by molar-refractivity contribution is -0.384. The molecule has 6 nitrogen and oxygen atoms in total. The van der Waals surface area contributed by atoms with Gasteiger partial charge in [0, 0.05) is 38.3 Å². The van der Waals surface area contributed by atoms with Crippen LogP contribution in [0.25, 0.3) is 0 Å². The van der Waals surface area contributed by atoms with Gasteiger partial charge in [0.25, 0.3) is 5.69 Å². The van der Waals surface area contributed by atoms with E-state index in [-0.39, 0.29) is 16.7 Å². The summed E-state index contributed by atoms with van der Waals surface area (Å²) in [6.07, 6.45) is 0. The number of nitrogens with zero attached hydrogens (tertiary/aromatic N) is 4. The second-order valence-corrected chi connectivity index (χ2v) is 7.70. The van der Waals surface area contributed by atoms with Crippen LogP contribution in [-0.2, 0) is 0 Å². The monoisotopic (exact) mass is 414 g/mol. The second kappa shape index (κ2) is 9.53. The molecule has 3 aromatic carbocycles. The number of non-ortho nitro benzene ring substituents is 1. The maximum absolute atomic E-state index is 10.9. The van der Waals surface area contributed by atoms with Crippen molar-refractivity contribution in [2.24, 2.45) is 5.10 Å². The van der Waals surface area contributed by atoms with Crippen LogP contribution in [0.2, 0.25) is 0 Å². The molecule has 0 amide bonds. The zero-order valence-corrected chi connectivity index (χ0v) is 17.6. The molecule has 0 saturated carbocycles. The molecule has 0 atom stereocenters. The minimum absolute atomic E-state index is 0.0954. The van der Waals surface area contributed by atoms with Crippen molar-refractivity contribution in [1.29, 1.82) is 0 Å². The average molecular weight is 415 g/mol. The van der Waals surface area contributed by atoms with Crippen LogP contribution in [0, 0.1) is 10.1 Å². The van der Waals surface area contributed by atoms with E-state index in [9.17, 15) is 10.1 Å². The molecular formula is C25H26N4O2. The van der Waals surface area contributed by atoms with Gasteiger partial charge in [0.1, 0.15) is 0 Å². The average Bonchev–Trinajstić information content (AvgIpc) is 2.82. The molecule has 0 unspecified atom stereocenters. The van der Waals surface area contributed by atoms with Crippen molar-refractivity contribution in [3.05, 3.63) is 112 Å². The van der Waals surface area contributed by atoms with Gasteiger partial charge in [0.05, 0.1) is 16.7 Å². The number of piperazine rings is 1. The Morgan fingerprint density at radius 2 is 1.35 bits per heavy atom. The van der Waals surface area contributed by atoms with Crippen LogP contribution in [0.5, 0.6) is 0 Å². The molecule has 1 saturated heterocycles. The molecule has 0 aromatic heterocycles. The third-order valence-corrected chi connectivity index (χ3v) is 5.67. The van der Waals surface area contributed by atoms with Crippen molar-refractivity contribution in [3.8, 4) is 0 Å². The normalized spacial score (nSPS) is 15.3. The SMILES string of the molecule is C/C(=N\N1CCN(C(c2ccccc2)c2ccccc2)CC1)c1ccc([N+](=O)[O-])cc1. The Morgan fingerprint density at radius 1 is 0.839 bits per heavy atom. The van der Waals surface area contributed by atoms with E-state index in [0.29, 0.717) is 0 Å². The van der Waals surface area contributed by atoms with Gasteiger partial charge in [0.15, 0.2) is 0 Å². The van der Waals surface area contributed by atoms with Gasteiger partial charge in [-0.3, -0.25) is 20.0 Å². The fraction of sp³-hybridized carbons (Fsp3) is 0.240. The molecule has 1 aliphatic heterocycles. The maximum atomic E-state index is 10.9. The Bertz CT molecular complexity index is 989. The molecule has 1 aliphatic rings. The maximum Gasteiger partial charge on any atom is 0.269 e. The first-order chi connectivity index (χ1) is 15.1. The van der Waals surface area contributed by atoms with Crippen LogP contribution >= 0.6 is 0 Å². The summed E-state index contributed by atoms with van der Waals surface area (Å²) in [5.74, 6) is 0. The van der Waals surface area contributed by atoms with Gasteiger partial charge < -0.3 is 0 Å². The standard InChI is InChI=1S/C25H26N4O2/c1-20(21-12-14-24(15-13-21)29(30)31)26-28-18-16-27(17-19-28)25(22-8-4-2-5-9-22)23-10-6-3-7-11-23/h2-15,25H,16-19H2,1H3/b26-20+. The first-order valence-electron chi connectivity index (χ1n) is 10.5. The third kappa shape index (κ3) is 4.98. The fourth-order valence-corrected chi connectivity index (χ4v) is 4.05. The smallest absolute Gasteiger partial charge is 0.269 e. The molecule has 158 valence electrons. The minimum atomic E-state index is -0.384. The Morgan fingerprint density at radius 3 is 1.84 bits per heavy atom. The Hall–Kier alpha value is -3.51. The lowest BCUT2D eigenvalue weighted by atomic mass is 9.96. The largest absolute Gasteiger partial charge is 0.294 e. The molecule has 0 radical (unpaired) electrons. The molecular weight excluding hydrogens is 388 g/mol. The number of rotatable bonds is 6. The molecule has 0 spiro atoms. The quantitative estimate of drug-likeness (QED) is 0.332. The summed E-state index contributed by atoms with van der Waals surface area (Å²) in [5.41, 5.74) is 4.46. The topological polar surface area (TPSA) is 62.0 Å². The van der Waals surface area contributed by atoms with E-state index in [1.54, 1.807) is 12.1 Å². The van der Waals surface area contributed by atoms with E-state index in [4.69, 9.17) is 5.10 Å². The molecule has 0 bridgehead atoms. The number of nitro benzene ring substituents is 1. The van der Waals surface area contributed by atoms with Crippen molar-refractivity contribution < 1.29 is 4.92 Å². The lowest BCUT2D eigenvalue weighted by Crippen LogP contribution is -2.46. The fourth-order valence-electron chi connectivity index (χ4n) is 4.05. The van der Waals surface area contributed by atoms with Crippen LogP contribution in [0.3, 0.4) is 0 Å². The Labute approximate surface area is 182 Å². The lowest BCUT2D eigenvalue weighted by Gasteiger charge is -2.39. The van der Waals surface area contributed by atoms with Crippen LogP contribution in [0.4, 0.5) is 5.69 Å². The summed E-state index contributed by atoms with van der Waals surface area (Å²) in [6.45, 7) is 5.43. The predicted molar refractivity (Wildman–Crippen MR) is 123 cm³/mol.